The topological polar surface area (TPSA) is 77.4 Å². The molecule has 0 saturated carbocycles. The van der Waals surface area contributed by atoms with Crippen molar-refractivity contribution in [2.24, 2.45) is 0 Å². The van der Waals surface area contributed by atoms with Gasteiger partial charge in [-0.25, -0.2) is 4.79 Å². The van der Waals surface area contributed by atoms with Crippen molar-refractivity contribution < 1.29 is 9.53 Å². The number of ether oxygens (including phenoxy) is 1. The van der Waals surface area contributed by atoms with Gasteiger partial charge in [0.05, 0.1) is 35.8 Å². The largest absolute Gasteiger partial charge is 0.378 e. The number of nitrogens with one attached hydrogen (secondary N) is 2. The number of hydrogen-bond acceptors (Lipinski definition) is 4. The molecule has 1 heterocycles. The molecule has 0 unspecified atom stereocenters. The highest BCUT2D eigenvalue weighted by Crippen LogP contribution is 2.26. The molecule has 122 valence electrons. The van der Waals surface area contributed by atoms with Crippen LogP contribution in [0.4, 0.5) is 21.9 Å². The highest BCUT2D eigenvalue weighted by Gasteiger charge is 2.16. The van der Waals surface area contributed by atoms with E-state index < -0.39 is 0 Å². The van der Waals surface area contributed by atoms with Crippen LogP contribution in [0.1, 0.15) is 5.56 Å². The van der Waals surface area contributed by atoms with E-state index in [2.05, 4.69) is 21.6 Å². The number of anilines is 3. The van der Waals surface area contributed by atoms with Gasteiger partial charge in [0.15, 0.2) is 0 Å². The Kier molecular flexibility index (Phi) is 4.94. The zero-order valence-electron chi connectivity index (χ0n) is 13.2. The third-order valence-corrected chi connectivity index (χ3v) is 3.80. The monoisotopic (exact) mass is 322 g/mol. The van der Waals surface area contributed by atoms with Gasteiger partial charge in [0.25, 0.3) is 0 Å². The zero-order valence-corrected chi connectivity index (χ0v) is 13.2. The lowest BCUT2D eigenvalue weighted by Gasteiger charge is -2.30. The number of carbonyl (C=O) groups is 1. The third-order valence-electron chi connectivity index (χ3n) is 3.80. The predicted octanol–water partition coefficient (Wildman–Crippen LogP) is 3.04. The number of amides is 2. The molecule has 24 heavy (non-hydrogen) atoms. The first-order valence-corrected chi connectivity index (χ1v) is 7.77. The van der Waals surface area contributed by atoms with Crippen LogP contribution in [-0.4, -0.2) is 32.3 Å². The molecule has 2 N–H and O–H groups in total. The maximum atomic E-state index is 12.3. The summed E-state index contributed by atoms with van der Waals surface area (Å²) in [6.07, 6.45) is 0. The van der Waals surface area contributed by atoms with E-state index in [0.29, 0.717) is 24.5 Å². The Morgan fingerprint density at radius 3 is 2.38 bits per heavy atom. The van der Waals surface area contributed by atoms with Crippen molar-refractivity contribution in [2.75, 3.05) is 41.8 Å². The lowest BCUT2D eigenvalue weighted by molar-refractivity contribution is 0.123. The summed E-state index contributed by atoms with van der Waals surface area (Å²) in [7, 11) is 0. The fraction of sp³-hybridized carbons (Fsp3) is 0.222. The Bertz CT molecular complexity index is 764. The van der Waals surface area contributed by atoms with Gasteiger partial charge >= 0.3 is 6.03 Å². The van der Waals surface area contributed by atoms with Crippen LogP contribution in [0.25, 0.3) is 0 Å². The van der Waals surface area contributed by atoms with Crippen molar-refractivity contribution >= 4 is 23.1 Å². The van der Waals surface area contributed by atoms with Crippen molar-refractivity contribution in [3.63, 3.8) is 0 Å². The fourth-order valence-electron chi connectivity index (χ4n) is 2.62. The minimum atomic E-state index is -0.376. The van der Waals surface area contributed by atoms with Crippen LogP contribution < -0.4 is 15.5 Å². The Labute approximate surface area is 140 Å². The Hall–Kier alpha value is -3.04. The number of morpholine rings is 1. The van der Waals surface area contributed by atoms with Crippen LogP contribution in [0.15, 0.2) is 48.5 Å². The second-order valence-electron chi connectivity index (χ2n) is 5.35. The summed E-state index contributed by atoms with van der Waals surface area (Å²) in [5.74, 6) is 0. The van der Waals surface area contributed by atoms with E-state index in [4.69, 9.17) is 10.00 Å². The molecule has 0 spiro atoms. The maximum Gasteiger partial charge on any atom is 0.323 e. The van der Waals surface area contributed by atoms with Crippen molar-refractivity contribution in [1.82, 2.24) is 0 Å². The molecule has 2 aromatic rings. The van der Waals surface area contributed by atoms with Gasteiger partial charge in [-0.3, -0.25) is 0 Å². The molecule has 1 fully saturated rings. The summed E-state index contributed by atoms with van der Waals surface area (Å²) in [4.78, 5) is 14.5. The van der Waals surface area contributed by atoms with Crippen LogP contribution in [-0.2, 0) is 4.74 Å². The molecule has 0 aliphatic carbocycles. The van der Waals surface area contributed by atoms with Gasteiger partial charge in [-0.15, -0.1) is 0 Å². The first kappa shape index (κ1) is 15.8. The molecule has 3 rings (SSSR count). The number of benzene rings is 2. The molecule has 0 aromatic heterocycles. The molecule has 1 aliphatic rings. The van der Waals surface area contributed by atoms with Gasteiger partial charge in [-0.1, -0.05) is 24.3 Å². The smallest absolute Gasteiger partial charge is 0.323 e. The minimum Gasteiger partial charge on any atom is -0.378 e. The van der Waals surface area contributed by atoms with E-state index in [1.165, 1.54) is 0 Å². The molecule has 1 saturated heterocycles. The van der Waals surface area contributed by atoms with Gasteiger partial charge in [0.2, 0.25) is 0 Å². The molecule has 1 aliphatic heterocycles. The number of urea groups is 1. The molecule has 2 aromatic carbocycles. The summed E-state index contributed by atoms with van der Waals surface area (Å²) in [5.41, 5.74) is 2.60. The van der Waals surface area contributed by atoms with Crippen molar-refractivity contribution in [3.8, 4) is 6.07 Å². The predicted molar refractivity (Wildman–Crippen MR) is 93.3 cm³/mol. The first-order chi connectivity index (χ1) is 11.8. The Morgan fingerprint density at radius 1 is 1.00 bits per heavy atom. The lowest BCUT2D eigenvalue weighted by Crippen LogP contribution is -2.37. The molecule has 0 radical (unpaired) electrons. The molecule has 6 nitrogen and oxygen atoms in total. The van der Waals surface area contributed by atoms with Crippen molar-refractivity contribution in [1.29, 1.82) is 5.26 Å². The number of para-hydroxylation sites is 3. The molecular weight excluding hydrogens is 304 g/mol. The highest BCUT2D eigenvalue weighted by molar-refractivity contribution is 6.02. The summed E-state index contributed by atoms with van der Waals surface area (Å²) in [5, 5.41) is 14.7. The number of rotatable bonds is 3. The molecule has 6 heteroatoms. The minimum absolute atomic E-state index is 0.376. The van der Waals surface area contributed by atoms with Crippen LogP contribution in [0.5, 0.6) is 0 Å². The van der Waals surface area contributed by atoms with Gasteiger partial charge in [0, 0.05) is 13.1 Å². The van der Waals surface area contributed by atoms with E-state index >= 15 is 0 Å². The maximum absolute atomic E-state index is 12.3. The summed E-state index contributed by atoms with van der Waals surface area (Å²) < 4.78 is 5.37. The van der Waals surface area contributed by atoms with E-state index in [1.807, 2.05) is 24.3 Å². The van der Waals surface area contributed by atoms with Crippen molar-refractivity contribution in [3.05, 3.63) is 54.1 Å². The molecule has 2 amide bonds. The standard InChI is InChI=1S/C18H18N4O2/c19-13-14-5-1-2-6-15(14)20-18(23)21-16-7-3-4-8-17(16)22-9-11-24-12-10-22/h1-8H,9-12H2,(H2,20,21,23). The Morgan fingerprint density at radius 2 is 1.62 bits per heavy atom. The number of nitrogens with zero attached hydrogens (tertiary/aromatic N) is 2. The Balaban J connectivity index is 1.74. The quantitative estimate of drug-likeness (QED) is 0.910. The molecule has 0 atom stereocenters. The van der Waals surface area contributed by atoms with Gasteiger partial charge < -0.3 is 20.3 Å². The van der Waals surface area contributed by atoms with Gasteiger partial charge in [0.1, 0.15) is 6.07 Å². The summed E-state index contributed by atoms with van der Waals surface area (Å²) in [6, 6.07) is 16.2. The second-order valence-corrected chi connectivity index (χ2v) is 5.35. The average Bonchev–Trinajstić information content (AvgIpc) is 2.63. The highest BCUT2D eigenvalue weighted by atomic mass is 16.5. The fourth-order valence-corrected chi connectivity index (χ4v) is 2.62. The summed E-state index contributed by atoms with van der Waals surface area (Å²) >= 11 is 0. The van der Waals surface area contributed by atoms with Gasteiger partial charge in [-0.05, 0) is 24.3 Å². The van der Waals surface area contributed by atoms with Crippen molar-refractivity contribution in [2.45, 2.75) is 0 Å². The third kappa shape index (κ3) is 3.65. The normalized spacial score (nSPS) is 13.9. The van der Waals surface area contributed by atoms with Crippen LogP contribution in [0.3, 0.4) is 0 Å². The molecule has 0 bridgehead atoms. The lowest BCUT2D eigenvalue weighted by atomic mass is 10.2. The van der Waals surface area contributed by atoms with Gasteiger partial charge in [-0.2, -0.15) is 5.26 Å². The second kappa shape index (κ2) is 7.49. The number of hydrogen-bond donors (Lipinski definition) is 2. The summed E-state index contributed by atoms with van der Waals surface area (Å²) in [6.45, 7) is 2.93. The van der Waals surface area contributed by atoms with E-state index in [0.717, 1.165) is 24.5 Å². The van der Waals surface area contributed by atoms with Crippen LogP contribution >= 0.6 is 0 Å². The number of carbonyl (C=O) groups excluding carboxylic acids is 1. The van der Waals surface area contributed by atoms with Crippen LogP contribution in [0.2, 0.25) is 0 Å². The number of nitriles is 1. The van der Waals surface area contributed by atoms with E-state index in [-0.39, 0.29) is 6.03 Å². The average molecular weight is 322 g/mol. The molecular formula is C18H18N4O2. The van der Waals surface area contributed by atoms with E-state index in [1.54, 1.807) is 24.3 Å². The SMILES string of the molecule is N#Cc1ccccc1NC(=O)Nc1ccccc1N1CCOCC1. The first-order valence-electron chi connectivity index (χ1n) is 7.77. The zero-order chi connectivity index (χ0) is 16.8. The van der Waals surface area contributed by atoms with Crippen LogP contribution in [0, 0.1) is 11.3 Å². The van der Waals surface area contributed by atoms with E-state index in [9.17, 15) is 4.79 Å².